The molecule has 0 aliphatic rings. The first-order valence-corrected chi connectivity index (χ1v) is 7.19. The van der Waals surface area contributed by atoms with Gasteiger partial charge in [-0.3, -0.25) is 4.79 Å². The Kier molecular flexibility index (Phi) is 4.99. The number of aromatic hydroxyl groups is 1. The average Bonchev–Trinajstić information content (AvgIpc) is 2.91. The van der Waals surface area contributed by atoms with E-state index in [2.05, 4.69) is 11.8 Å². The van der Waals surface area contributed by atoms with Crippen LogP contribution in [-0.2, 0) is 6.54 Å². The van der Waals surface area contributed by atoms with Gasteiger partial charge in [-0.05, 0) is 35.2 Å². The Bertz CT molecular complexity index is 697. The normalized spacial score (nSPS) is 9.81. The Morgan fingerprint density at radius 2 is 2.19 bits per heavy atom. The number of phenols is 1. The molecule has 2 aromatic rings. The highest BCUT2D eigenvalue weighted by Crippen LogP contribution is 2.17. The molecular weight excluding hydrogens is 286 g/mol. The topological polar surface area (TPSA) is 60.8 Å². The van der Waals surface area contributed by atoms with Crippen LogP contribution in [0.5, 0.6) is 5.75 Å². The highest BCUT2D eigenvalue weighted by Gasteiger charge is 2.13. The summed E-state index contributed by atoms with van der Waals surface area (Å²) >= 11 is 1.48. The van der Waals surface area contributed by atoms with Gasteiger partial charge in [0, 0.05) is 19.2 Å². The summed E-state index contributed by atoms with van der Waals surface area (Å²) in [5, 5.41) is 20.0. The van der Waals surface area contributed by atoms with Crippen molar-refractivity contribution >= 4 is 17.2 Å². The predicted molar refractivity (Wildman–Crippen MR) is 82.2 cm³/mol. The van der Waals surface area contributed by atoms with E-state index in [0.717, 1.165) is 10.4 Å². The summed E-state index contributed by atoms with van der Waals surface area (Å²) in [7, 11) is 1.71. The van der Waals surface area contributed by atoms with Crippen LogP contribution in [0, 0.1) is 11.8 Å². The summed E-state index contributed by atoms with van der Waals surface area (Å²) in [6, 6.07) is 8.19. The molecule has 0 unspecified atom stereocenters. The summed E-state index contributed by atoms with van der Waals surface area (Å²) < 4.78 is 0. The van der Waals surface area contributed by atoms with Crippen molar-refractivity contribution in [3.63, 3.8) is 0 Å². The van der Waals surface area contributed by atoms with Gasteiger partial charge in [0.05, 0.1) is 4.88 Å². The molecule has 2 rings (SSSR count). The monoisotopic (exact) mass is 301 g/mol. The van der Waals surface area contributed by atoms with Gasteiger partial charge in [0.2, 0.25) is 0 Å². The largest absolute Gasteiger partial charge is 0.508 e. The molecule has 1 aromatic carbocycles. The van der Waals surface area contributed by atoms with Crippen molar-refractivity contribution in [3.05, 3.63) is 51.7 Å². The zero-order valence-corrected chi connectivity index (χ0v) is 12.4. The third-order valence-electron chi connectivity index (χ3n) is 2.80. The summed E-state index contributed by atoms with van der Waals surface area (Å²) in [5.74, 6) is 5.35. The number of aliphatic hydroxyl groups excluding tert-OH is 1. The number of rotatable bonds is 3. The molecular formula is C16H15NO3S. The number of aliphatic hydroxyl groups is 1. The molecule has 0 spiro atoms. The van der Waals surface area contributed by atoms with Crippen molar-refractivity contribution in [1.29, 1.82) is 0 Å². The highest BCUT2D eigenvalue weighted by atomic mass is 32.1. The minimum absolute atomic E-state index is 0.0753. The smallest absolute Gasteiger partial charge is 0.254 e. The number of hydrogen-bond acceptors (Lipinski definition) is 4. The second-order valence-corrected chi connectivity index (χ2v) is 5.40. The maximum atomic E-state index is 12.2. The number of benzene rings is 1. The molecule has 0 saturated heterocycles. The quantitative estimate of drug-likeness (QED) is 0.853. The number of phenolic OH excluding ortho intramolecular Hbond substituents is 1. The number of nitrogens with zero attached hydrogens (tertiary/aromatic N) is 1. The fourth-order valence-corrected chi connectivity index (χ4v) is 2.63. The van der Waals surface area contributed by atoms with Crippen molar-refractivity contribution in [2.75, 3.05) is 13.7 Å². The Labute approximate surface area is 127 Å². The molecule has 1 aromatic heterocycles. The van der Waals surface area contributed by atoms with Gasteiger partial charge in [-0.15, -0.1) is 11.3 Å². The molecule has 2 N–H and O–H groups in total. The molecule has 0 aliphatic heterocycles. The predicted octanol–water partition coefficient (Wildman–Crippen LogP) is 2.07. The lowest BCUT2D eigenvalue weighted by Gasteiger charge is -2.16. The highest BCUT2D eigenvalue weighted by molar-refractivity contribution is 7.10. The Morgan fingerprint density at radius 3 is 2.90 bits per heavy atom. The van der Waals surface area contributed by atoms with Gasteiger partial charge in [-0.25, -0.2) is 0 Å². The van der Waals surface area contributed by atoms with Crippen molar-refractivity contribution in [3.8, 4) is 17.6 Å². The maximum absolute atomic E-state index is 12.2. The van der Waals surface area contributed by atoms with Crippen LogP contribution in [-0.4, -0.2) is 34.7 Å². The fourth-order valence-electron chi connectivity index (χ4n) is 1.86. The summed E-state index contributed by atoms with van der Waals surface area (Å²) in [6.07, 6.45) is 0. The van der Waals surface area contributed by atoms with Crippen LogP contribution in [0.1, 0.15) is 20.8 Å². The van der Waals surface area contributed by atoms with E-state index in [1.807, 2.05) is 11.4 Å². The number of amides is 1. The minimum Gasteiger partial charge on any atom is -0.508 e. The van der Waals surface area contributed by atoms with E-state index in [0.29, 0.717) is 12.1 Å². The van der Waals surface area contributed by atoms with Crippen LogP contribution < -0.4 is 0 Å². The molecule has 21 heavy (non-hydrogen) atoms. The Hall–Kier alpha value is -2.29. The molecule has 108 valence electrons. The van der Waals surface area contributed by atoms with Crippen LogP contribution in [0.4, 0.5) is 0 Å². The van der Waals surface area contributed by atoms with Crippen molar-refractivity contribution in [1.82, 2.24) is 4.90 Å². The van der Waals surface area contributed by atoms with Gasteiger partial charge < -0.3 is 15.1 Å². The zero-order valence-electron chi connectivity index (χ0n) is 11.5. The number of carbonyl (C=O) groups excluding carboxylic acids is 1. The van der Waals surface area contributed by atoms with E-state index < -0.39 is 0 Å². The number of hydrogen-bond donors (Lipinski definition) is 2. The van der Waals surface area contributed by atoms with E-state index >= 15 is 0 Å². The first kappa shape index (κ1) is 15.1. The lowest BCUT2D eigenvalue weighted by atomic mass is 10.2. The van der Waals surface area contributed by atoms with Crippen molar-refractivity contribution in [2.24, 2.45) is 0 Å². The Balaban J connectivity index is 2.05. The van der Waals surface area contributed by atoms with Gasteiger partial charge in [0.25, 0.3) is 5.91 Å². The molecule has 0 bridgehead atoms. The standard InChI is InChI=1S/C16H15NO3S/c1-17(16(20)13-4-2-5-14(19)9-13)10-12-8-15(21-11-12)6-3-7-18/h2,4-5,8-9,11,18-19H,7,10H2,1H3. The summed E-state index contributed by atoms with van der Waals surface area (Å²) in [4.78, 5) is 14.7. The molecule has 0 fully saturated rings. The van der Waals surface area contributed by atoms with Crippen LogP contribution >= 0.6 is 11.3 Å². The van der Waals surface area contributed by atoms with E-state index in [9.17, 15) is 9.90 Å². The molecule has 1 amide bonds. The first-order valence-electron chi connectivity index (χ1n) is 6.32. The van der Waals surface area contributed by atoms with E-state index in [1.165, 1.54) is 23.5 Å². The molecule has 4 nitrogen and oxygen atoms in total. The first-order chi connectivity index (χ1) is 10.1. The molecule has 0 saturated carbocycles. The molecule has 5 heteroatoms. The van der Waals surface area contributed by atoms with Gasteiger partial charge in [-0.1, -0.05) is 17.9 Å². The van der Waals surface area contributed by atoms with Crippen molar-refractivity contribution in [2.45, 2.75) is 6.54 Å². The third kappa shape index (κ3) is 4.09. The van der Waals surface area contributed by atoms with Crippen LogP contribution in [0.3, 0.4) is 0 Å². The lowest BCUT2D eigenvalue weighted by molar-refractivity contribution is 0.0785. The minimum atomic E-state index is -0.164. The average molecular weight is 301 g/mol. The molecule has 0 radical (unpaired) electrons. The summed E-state index contributed by atoms with van der Waals surface area (Å²) in [5.41, 5.74) is 1.44. The summed E-state index contributed by atoms with van der Waals surface area (Å²) in [6.45, 7) is 0.301. The van der Waals surface area contributed by atoms with E-state index in [-0.39, 0.29) is 18.3 Å². The fraction of sp³-hybridized carbons (Fsp3) is 0.188. The van der Waals surface area contributed by atoms with Gasteiger partial charge >= 0.3 is 0 Å². The van der Waals surface area contributed by atoms with Crippen LogP contribution in [0.15, 0.2) is 35.7 Å². The second kappa shape index (κ2) is 6.93. The zero-order chi connectivity index (χ0) is 15.2. The molecule has 0 atom stereocenters. The van der Waals surface area contributed by atoms with Crippen LogP contribution in [0.2, 0.25) is 0 Å². The SMILES string of the molecule is CN(Cc1csc(C#CCO)c1)C(=O)c1cccc(O)c1. The van der Waals surface area contributed by atoms with Crippen LogP contribution in [0.25, 0.3) is 0 Å². The van der Waals surface area contributed by atoms with E-state index in [1.54, 1.807) is 24.1 Å². The molecule has 0 aliphatic carbocycles. The third-order valence-corrected chi connectivity index (χ3v) is 3.70. The number of carbonyl (C=O) groups is 1. The lowest BCUT2D eigenvalue weighted by Crippen LogP contribution is -2.25. The van der Waals surface area contributed by atoms with Gasteiger partial charge in [0.15, 0.2) is 0 Å². The van der Waals surface area contributed by atoms with Gasteiger partial charge in [-0.2, -0.15) is 0 Å². The van der Waals surface area contributed by atoms with Crippen molar-refractivity contribution < 1.29 is 15.0 Å². The maximum Gasteiger partial charge on any atom is 0.254 e. The van der Waals surface area contributed by atoms with E-state index in [4.69, 9.17) is 5.11 Å². The number of thiophene rings is 1. The molecule has 1 heterocycles. The van der Waals surface area contributed by atoms with Gasteiger partial charge in [0.1, 0.15) is 12.4 Å². The second-order valence-electron chi connectivity index (χ2n) is 4.49. The Morgan fingerprint density at radius 1 is 1.38 bits per heavy atom.